The summed E-state index contributed by atoms with van der Waals surface area (Å²) in [7, 11) is 3.22. The number of carbonyl (C=O) groups is 1. The highest BCUT2D eigenvalue weighted by atomic mass is 16.5. The number of ether oxygens (including phenoxy) is 2. The van der Waals surface area contributed by atoms with E-state index in [-0.39, 0.29) is 17.2 Å². The molecule has 0 fully saturated rings. The number of Topliss-reactive ketones (excluding diaryl/α,β-unsaturated/α-hetero) is 1. The number of hydrogen-bond acceptors (Lipinski definition) is 7. The molecule has 1 N–H and O–H groups in total. The Morgan fingerprint density at radius 2 is 1.70 bits per heavy atom. The predicted molar refractivity (Wildman–Crippen MR) is 114 cm³/mol. The molecule has 1 aliphatic carbocycles. The van der Waals surface area contributed by atoms with Crippen LogP contribution in [0.5, 0.6) is 11.5 Å². The standard InChI is InChI=1S/C23H28N4O3/c1-13-9-14(2)25-22(24-13)27-21(15-7-8-18(29-5)19(10-15)30-6)20-16(26-27)11-23(3,4)12-17(20)28/h7-10,21,26H,11-12H2,1-6H3. The van der Waals surface area contributed by atoms with E-state index in [1.807, 2.05) is 43.1 Å². The van der Waals surface area contributed by atoms with Gasteiger partial charge in [-0.1, -0.05) is 19.9 Å². The van der Waals surface area contributed by atoms with E-state index >= 15 is 0 Å². The zero-order valence-corrected chi connectivity index (χ0v) is 18.4. The van der Waals surface area contributed by atoms with Gasteiger partial charge in [-0.2, -0.15) is 0 Å². The monoisotopic (exact) mass is 408 g/mol. The van der Waals surface area contributed by atoms with E-state index in [9.17, 15) is 4.79 Å². The molecule has 2 heterocycles. The molecule has 1 atom stereocenters. The van der Waals surface area contributed by atoms with Crippen LogP contribution in [-0.2, 0) is 4.79 Å². The topological polar surface area (TPSA) is 76.6 Å². The molecule has 0 radical (unpaired) electrons. The Morgan fingerprint density at radius 3 is 2.33 bits per heavy atom. The van der Waals surface area contributed by atoms with Crippen LogP contribution in [0.4, 0.5) is 5.95 Å². The van der Waals surface area contributed by atoms with Gasteiger partial charge in [0.25, 0.3) is 0 Å². The number of aryl methyl sites for hydroxylation is 2. The number of methoxy groups -OCH3 is 2. The third-order valence-corrected chi connectivity index (χ3v) is 5.62. The van der Waals surface area contributed by atoms with Crippen molar-refractivity contribution in [2.45, 2.75) is 46.6 Å². The Kier molecular flexibility index (Phi) is 4.92. The molecule has 1 aromatic heterocycles. The van der Waals surface area contributed by atoms with Crippen molar-refractivity contribution < 1.29 is 14.3 Å². The van der Waals surface area contributed by atoms with Crippen LogP contribution in [0, 0.1) is 19.3 Å². The second kappa shape index (κ2) is 7.31. The SMILES string of the molecule is COc1ccc(C2C3=C(CC(C)(C)CC3=O)NN2c2nc(C)cc(C)n2)cc1OC. The van der Waals surface area contributed by atoms with E-state index in [1.165, 1.54) is 0 Å². The van der Waals surface area contributed by atoms with E-state index in [0.29, 0.717) is 23.9 Å². The lowest BCUT2D eigenvalue weighted by molar-refractivity contribution is -0.118. The Bertz CT molecular complexity index is 1020. The van der Waals surface area contributed by atoms with Crippen LogP contribution >= 0.6 is 0 Å². The molecule has 2 aliphatic rings. The Labute approximate surface area is 177 Å². The van der Waals surface area contributed by atoms with Gasteiger partial charge in [-0.3, -0.25) is 10.2 Å². The first-order valence-corrected chi connectivity index (χ1v) is 10.1. The van der Waals surface area contributed by atoms with Gasteiger partial charge in [0.05, 0.1) is 14.2 Å². The minimum atomic E-state index is -0.343. The predicted octanol–water partition coefficient (Wildman–Crippen LogP) is 3.82. The zero-order chi connectivity index (χ0) is 21.6. The number of allylic oxidation sites excluding steroid dienone is 1. The van der Waals surface area contributed by atoms with Crippen LogP contribution in [0.1, 0.15) is 49.7 Å². The third-order valence-electron chi connectivity index (χ3n) is 5.62. The fraction of sp³-hybridized carbons (Fsp3) is 0.435. The van der Waals surface area contributed by atoms with Gasteiger partial charge < -0.3 is 9.47 Å². The largest absolute Gasteiger partial charge is 0.493 e. The van der Waals surface area contributed by atoms with Gasteiger partial charge in [0.2, 0.25) is 5.95 Å². The van der Waals surface area contributed by atoms with E-state index < -0.39 is 0 Å². The lowest BCUT2D eigenvalue weighted by Gasteiger charge is -2.29. The minimum Gasteiger partial charge on any atom is -0.493 e. The van der Waals surface area contributed by atoms with Gasteiger partial charge in [0, 0.05) is 29.1 Å². The smallest absolute Gasteiger partial charge is 0.245 e. The molecule has 0 spiro atoms. The van der Waals surface area contributed by atoms with Gasteiger partial charge >= 0.3 is 0 Å². The van der Waals surface area contributed by atoms with E-state index in [2.05, 4.69) is 29.2 Å². The summed E-state index contributed by atoms with van der Waals surface area (Å²) in [6.07, 6.45) is 1.30. The highest BCUT2D eigenvalue weighted by Gasteiger charge is 2.45. The quantitative estimate of drug-likeness (QED) is 0.824. The van der Waals surface area contributed by atoms with Crippen molar-refractivity contribution in [1.29, 1.82) is 0 Å². The number of hydrogen-bond donors (Lipinski definition) is 1. The number of rotatable bonds is 4. The number of carbonyl (C=O) groups excluding carboxylic acids is 1. The van der Waals surface area contributed by atoms with Gasteiger partial charge in [-0.05, 0) is 49.4 Å². The van der Waals surface area contributed by atoms with Gasteiger partial charge in [-0.15, -0.1) is 0 Å². The van der Waals surface area contributed by atoms with Crippen LogP contribution in [0.15, 0.2) is 35.5 Å². The average molecular weight is 409 g/mol. The molecule has 0 saturated heterocycles. The van der Waals surface area contributed by atoms with Crippen molar-refractivity contribution in [1.82, 2.24) is 15.4 Å². The number of nitrogens with zero attached hydrogens (tertiary/aromatic N) is 3. The van der Waals surface area contributed by atoms with Crippen LogP contribution in [-0.4, -0.2) is 30.0 Å². The van der Waals surface area contributed by atoms with Crippen molar-refractivity contribution in [3.63, 3.8) is 0 Å². The van der Waals surface area contributed by atoms with Crippen molar-refractivity contribution in [3.05, 3.63) is 52.5 Å². The second-order valence-corrected chi connectivity index (χ2v) is 8.78. The van der Waals surface area contributed by atoms with Crippen LogP contribution < -0.4 is 19.9 Å². The molecule has 1 aromatic carbocycles. The minimum absolute atomic E-state index is 0.0928. The molecule has 0 amide bonds. The molecule has 158 valence electrons. The third kappa shape index (κ3) is 3.49. The van der Waals surface area contributed by atoms with Gasteiger partial charge in [-0.25, -0.2) is 15.0 Å². The molecular formula is C23H28N4O3. The summed E-state index contributed by atoms with van der Waals surface area (Å²) in [5.74, 6) is 1.97. The lowest BCUT2D eigenvalue weighted by Crippen LogP contribution is -2.36. The molecule has 2 aromatic rings. The summed E-state index contributed by atoms with van der Waals surface area (Å²) in [5, 5.41) is 1.91. The van der Waals surface area contributed by atoms with Crippen LogP contribution in [0.2, 0.25) is 0 Å². The lowest BCUT2D eigenvalue weighted by atomic mass is 9.74. The maximum absolute atomic E-state index is 13.2. The first-order chi connectivity index (χ1) is 14.2. The normalized spacial score (nSPS) is 20.1. The number of anilines is 1. The summed E-state index contributed by atoms with van der Waals surface area (Å²) in [5.41, 5.74) is 7.76. The Hall–Kier alpha value is -3.09. The van der Waals surface area contributed by atoms with Crippen LogP contribution in [0.25, 0.3) is 0 Å². The molecular weight excluding hydrogens is 380 g/mol. The first kappa shape index (κ1) is 20.2. The number of hydrazine groups is 1. The summed E-state index contributed by atoms with van der Waals surface area (Å²) < 4.78 is 10.9. The van der Waals surface area contributed by atoms with E-state index in [0.717, 1.165) is 34.6 Å². The average Bonchev–Trinajstić information content (AvgIpc) is 3.05. The highest BCUT2D eigenvalue weighted by molar-refractivity contribution is 6.00. The molecule has 0 bridgehead atoms. The highest BCUT2D eigenvalue weighted by Crippen LogP contribution is 2.47. The number of aromatic nitrogens is 2. The molecule has 1 aliphatic heterocycles. The maximum atomic E-state index is 13.2. The number of nitrogens with one attached hydrogen (secondary N) is 1. The summed E-state index contributed by atoms with van der Waals surface area (Å²) in [4.78, 5) is 22.5. The number of benzene rings is 1. The maximum Gasteiger partial charge on any atom is 0.245 e. The number of ketones is 1. The molecule has 7 nitrogen and oxygen atoms in total. The summed E-state index contributed by atoms with van der Waals surface area (Å²) in [6.45, 7) is 8.14. The van der Waals surface area contributed by atoms with Crippen molar-refractivity contribution in [2.75, 3.05) is 19.2 Å². The fourth-order valence-corrected chi connectivity index (χ4v) is 4.41. The van der Waals surface area contributed by atoms with Crippen molar-refractivity contribution in [2.24, 2.45) is 5.41 Å². The van der Waals surface area contributed by atoms with Gasteiger partial charge in [0.15, 0.2) is 17.3 Å². The van der Waals surface area contributed by atoms with Crippen LogP contribution in [0.3, 0.4) is 0 Å². The van der Waals surface area contributed by atoms with Crippen molar-refractivity contribution in [3.8, 4) is 11.5 Å². The Morgan fingerprint density at radius 1 is 1.03 bits per heavy atom. The van der Waals surface area contributed by atoms with Crippen molar-refractivity contribution >= 4 is 11.7 Å². The summed E-state index contributed by atoms with van der Waals surface area (Å²) >= 11 is 0. The molecule has 0 saturated carbocycles. The van der Waals surface area contributed by atoms with E-state index in [1.54, 1.807) is 14.2 Å². The van der Waals surface area contributed by atoms with E-state index in [4.69, 9.17) is 9.47 Å². The molecule has 1 unspecified atom stereocenters. The van der Waals surface area contributed by atoms with Gasteiger partial charge in [0.1, 0.15) is 6.04 Å². The molecule has 7 heteroatoms. The summed E-state index contributed by atoms with van der Waals surface area (Å²) in [6, 6.07) is 7.34. The molecule has 4 rings (SSSR count). The first-order valence-electron chi connectivity index (χ1n) is 10.1. The Balaban J connectivity index is 1.87. The fourth-order valence-electron chi connectivity index (χ4n) is 4.41. The second-order valence-electron chi connectivity index (χ2n) is 8.78. The molecule has 30 heavy (non-hydrogen) atoms. The zero-order valence-electron chi connectivity index (χ0n) is 18.4.